The van der Waals surface area contributed by atoms with Gasteiger partial charge >= 0.3 is 0 Å². The molecular formula is C5H7ClOS. The molecular weight excluding hydrogens is 144 g/mol. The lowest BCUT2D eigenvalue weighted by Crippen LogP contribution is -1.80. The lowest BCUT2D eigenvalue weighted by molar-refractivity contribution is 0.431. The first-order chi connectivity index (χ1) is 3.39. The summed E-state index contributed by atoms with van der Waals surface area (Å²) < 4.78 is 0. The summed E-state index contributed by atoms with van der Waals surface area (Å²) >= 11 is 1.68. The largest absolute Gasteiger partial charge is 0.508 e. The van der Waals surface area contributed by atoms with Gasteiger partial charge in [-0.2, -0.15) is 0 Å². The predicted octanol–water partition coefficient (Wildman–Crippen LogP) is 2.11. The molecule has 0 fully saturated rings. The molecule has 1 aliphatic heterocycles. The molecule has 0 unspecified atom stereocenters. The van der Waals surface area contributed by atoms with Crippen LogP contribution in [-0.2, 0) is 0 Å². The molecule has 1 aliphatic rings. The fraction of sp³-hybridized carbons (Fsp3) is 0.200. The van der Waals surface area contributed by atoms with Crippen LogP contribution >= 0.6 is 24.2 Å². The molecule has 1 heterocycles. The van der Waals surface area contributed by atoms with Gasteiger partial charge in [-0.3, -0.25) is 0 Å². The van der Waals surface area contributed by atoms with Crippen LogP contribution in [0.4, 0.5) is 0 Å². The first-order valence-corrected chi connectivity index (χ1v) is 3.12. The van der Waals surface area contributed by atoms with Crippen molar-refractivity contribution in [1.82, 2.24) is 0 Å². The van der Waals surface area contributed by atoms with Crippen molar-refractivity contribution in [3.05, 3.63) is 23.3 Å². The topological polar surface area (TPSA) is 20.2 Å². The van der Waals surface area contributed by atoms with Crippen LogP contribution in [0.3, 0.4) is 0 Å². The number of aliphatic hydroxyl groups excluding tert-OH is 1. The number of halogens is 1. The summed E-state index contributed by atoms with van der Waals surface area (Å²) in [5.41, 5.74) is 0. The summed E-state index contributed by atoms with van der Waals surface area (Å²) in [6, 6.07) is 0. The van der Waals surface area contributed by atoms with E-state index >= 15 is 0 Å². The molecule has 0 aromatic carbocycles. The minimum absolute atomic E-state index is 0. The molecule has 0 aromatic heterocycles. The Hall–Kier alpha value is -0.0800. The van der Waals surface area contributed by atoms with Gasteiger partial charge in [0.2, 0.25) is 0 Å². The molecule has 0 saturated heterocycles. The van der Waals surface area contributed by atoms with E-state index in [2.05, 4.69) is 0 Å². The van der Waals surface area contributed by atoms with Crippen molar-refractivity contribution in [2.75, 3.05) is 5.75 Å². The number of thioether (sulfide) groups is 1. The van der Waals surface area contributed by atoms with Gasteiger partial charge in [0.15, 0.2) is 0 Å². The number of hydrogen-bond acceptors (Lipinski definition) is 2. The molecule has 46 valence electrons. The predicted molar refractivity (Wildman–Crippen MR) is 39.6 cm³/mol. The maximum absolute atomic E-state index is 8.67. The molecule has 0 saturated carbocycles. The van der Waals surface area contributed by atoms with Crippen LogP contribution in [0.2, 0.25) is 0 Å². The van der Waals surface area contributed by atoms with Crippen molar-refractivity contribution in [3.63, 3.8) is 0 Å². The summed E-state index contributed by atoms with van der Waals surface area (Å²) in [5.74, 6) is 1.29. The van der Waals surface area contributed by atoms with E-state index in [1.54, 1.807) is 23.9 Å². The van der Waals surface area contributed by atoms with Crippen LogP contribution in [0.5, 0.6) is 0 Å². The average molecular weight is 151 g/mol. The van der Waals surface area contributed by atoms with Crippen LogP contribution in [0, 0.1) is 0 Å². The quantitative estimate of drug-likeness (QED) is 0.571. The van der Waals surface area contributed by atoms with E-state index in [0.717, 1.165) is 5.75 Å². The SMILES string of the molecule is Cl.OC1=CCSC=C1. The van der Waals surface area contributed by atoms with Crippen molar-refractivity contribution in [1.29, 1.82) is 0 Å². The van der Waals surface area contributed by atoms with Crippen LogP contribution in [0.1, 0.15) is 0 Å². The van der Waals surface area contributed by atoms with Crippen molar-refractivity contribution in [3.8, 4) is 0 Å². The number of hydrogen-bond donors (Lipinski definition) is 1. The van der Waals surface area contributed by atoms with Gasteiger partial charge in [0, 0.05) is 5.75 Å². The summed E-state index contributed by atoms with van der Waals surface area (Å²) in [4.78, 5) is 0. The van der Waals surface area contributed by atoms with Crippen molar-refractivity contribution in [2.45, 2.75) is 0 Å². The number of allylic oxidation sites excluding steroid dienone is 1. The normalized spacial score (nSPS) is 16.8. The van der Waals surface area contributed by atoms with Gasteiger partial charge in [0.1, 0.15) is 5.76 Å². The monoisotopic (exact) mass is 150 g/mol. The molecule has 0 bridgehead atoms. The molecule has 0 aliphatic carbocycles. The van der Waals surface area contributed by atoms with Crippen LogP contribution in [0.15, 0.2) is 23.3 Å². The molecule has 0 spiro atoms. The van der Waals surface area contributed by atoms with E-state index in [-0.39, 0.29) is 12.4 Å². The minimum atomic E-state index is 0. The average Bonchev–Trinajstić information content (AvgIpc) is 1.69. The van der Waals surface area contributed by atoms with Crippen molar-refractivity contribution in [2.24, 2.45) is 0 Å². The van der Waals surface area contributed by atoms with Crippen molar-refractivity contribution < 1.29 is 5.11 Å². The Morgan fingerprint density at radius 3 is 2.62 bits per heavy atom. The molecule has 1 rings (SSSR count). The summed E-state index contributed by atoms with van der Waals surface area (Å²) in [7, 11) is 0. The second-order valence-electron chi connectivity index (χ2n) is 1.27. The third kappa shape index (κ3) is 2.28. The minimum Gasteiger partial charge on any atom is -0.508 e. The van der Waals surface area contributed by atoms with Gasteiger partial charge in [0.05, 0.1) is 0 Å². The van der Waals surface area contributed by atoms with Gasteiger partial charge in [-0.1, -0.05) is 0 Å². The standard InChI is InChI=1S/C5H6OS.ClH/c6-5-1-3-7-4-2-5;/h1-3,6H,4H2;1H. The van der Waals surface area contributed by atoms with E-state index in [1.165, 1.54) is 0 Å². The Morgan fingerprint density at radius 2 is 2.38 bits per heavy atom. The fourth-order valence-electron chi connectivity index (χ4n) is 0.375. The molecule has 0 aromatic rings. The molecule has 8 heavy (non-hydrogen) atoms. The Morgan fingerprint density at radius 1 is 1.62 bits per heavy atom. The molecule has 0 amide bonds. The van der Waals surface area contributed by atoms with Gasteiger partial charge in [-0.05, 0) is 17.6 Å². The van der Waals surface area contributed by atoms with Gasteiger partial charge in [-0.25, -0.2) is 0 Å². The highest BCUT2D eigenvalue weighted by molar-refractivity contribution is 8.02. The van der Waals surface area contributed by atoms with E-state index in [4.69, 9.17) is 5.11 Å². The molecule has 0 atom stereocenters. The molecule has 1 N–H and O–H groups in total. The fourth-order valence-corrected chi connectivity index (χ4v) is 0.989. The Balaban J connectivity index is 0.000000490. The smallest absolute Gasteiger partial charge is 0.112 e. The van der Waals surface area contributed by atoms with Crippen molar-refractivity contribution >= 4 is 24.2 Å². The lowest BCUT2D eigenvalue weighted by atomic mass is 10.4. The second-order valence-corrected chi connectivity index (χ2v) is 2.20. The summed E-state index contributed by atoms with van der Waals surface area (Å²) in [6.45, 7) is 0. The van der Waals surface area contributed by atoms with Gasteiger partial charge in [0.25, 0.3) is 0 Å². The van der Waals surface area contributed by atoms with E-state index in [1.807, 2.05) is 5.41 Å². The highest BCUT2D eigenvalue weighted by atomic mass is 35.5. The molecule has 0 radical (unpaired) electrons. The van der Waals surface area contributed by atoms with Gasteiger partial charge in [-0.15, -0.1) is 24.2 Å². The molecule has 1 nitrogen and oxygen atoms in total. The lowest BCUT2D eigenvalue weighted by Gasteiger charge is -1.95. The van der Waals surface area contributed by atoms with E-state index < -0.39 is 0 Å². The molecule has 3 heteroatoms. The van der Waals surface area contributed by atoms with E-state index in [9.17, 15) is 0 Å². The van der Waals surface area contributed by atoms with Crippen LogP contribution in [0.25, 0.3) is 0 Å². The third-order valence-electron chi connectivity index (χ3n) is 0.724. The van der Waals surface area contributed by atoms with Gasteiger partial charge < -0.3 is 5.11 Å². The Kier molecular flexibility index (Phi) is 3.83. The zero-order valence-electron chi connectivity index (χ0n) is 4.20. The van der Waals surface area contributed by atoms with Crippen LogP contribution in [-0.4, -0.2) is 10.9 Å². The second kappa shape index (κ2) is 3.87. The Labute approximate surface area is 58.9 Å². The van der Waals surface area contributed by atoms with E-state index in [0.29, 0.717) is 5.76 Å². The first-order valence-electron chi connectivity index (χ1n) is 2.07. The van der Waals surface area contributed by atoms with Crippen LogP contribution < -0.4 is 0 Å². The third-order valence-corrected chi connectivity index (χ3v) is 1.41. The first kappa shape index (κ1) is 7.92. The maximum atomic E-state index is 8.67. The number of rotatable bonds is 0. The number of aliphatic hydroxyl groups is 1. The summed E-state index contributed by atoms with van der Waals surface area (Å²) in [6.07, 6.45) is 3.47. The zero-order valence-corrected chi connectivity index (χ0v) is 5.84. The highest BCUT2D eigenvalue weighted by Crippen LogP contribution is 2.10. The summed E-state index contributed by atoms with van der Waals surface area (Å²) in [5, 5.41) is 10.6. The maximum Gasteiger partial charge on any atom is 0.112 e. The Bertz CT molecular complexity index is 120. The zero-order chi connectivity index (χ0) is 5.11. The highest BCUT2D eigenvalue weighted by Gasteiger charge is 1.89.